The van der Waals surface area contributed by atoms with Gasteiger partial charge in [0.2, 0.25) is 0 Å². The molecule has 0 amide bonds. The van der Waals surface area contributed by atoms with Crippen LogP contribution < -0.4 is 0 Å². The van der Waals surface area contributed by atoms with Gasteiger partial charge >= 0.3 is 0 Å². The summed E-state index contributed by atoms with van der Waals surface area (Å²) >= 11 is 11.4. The number of nitrogens with zero attached hydrogens (tertiary/aromatic N) is 1. The molecule has 0 spiro atoms. The molecule has 6 heteroatoms. The smallest absolute Gasteiger partial charge is 0.247 e. The predicted octanol–water partition coefficient (Wildman–Crippen LogP) is 3.70. The standard InChI is InChI=1S/C6H3Cl2F2NS/c7-3-1-4(8)5(11-2-3)12-6(9)10/h1-2,6H. The van der Waals surface area contributed by atoms with Gasteiger partial charge in [0.25, 0.3) is 5.76 Å². The molecular formula is C6H3Cl2F2NS. The molecule has 0 atom stereocenters. The summed E-state index contributed by atoms with van der Waals surface area (Å²) < 4.78 is 23.7. The van der Waals surface area contributed by atoms with Gasteiger partial charge in [-0.1, -0.05) is 23.2 Å². The lowest BCUT2D eigenvalue weighted by atomic mass is 10.5. The van der Waals surface area contributed by atoms with Gasteiger partial charge in [-0.3, -0.25) is 0 Å². The monoisotopic (exact) mass is 229 g/mol. The highest BCUT2D eigenvalue weighted by Gasteiger charge is 2.10. The molecule has 0 aromatic carbocycles. The summed E-state index contributed by atoms with van der Waals surface area (Å²) in [5.41, 5.74) is 0. The van der Waals surface area contributed by atoms with Crippen LogP contribution in [0.1, 0.15) is 0 Å². The van der Waals surface area contributed by atoms with Crippen molar-refractivity contribution in [1.82, 2.24) is 4.98 Å². The molecule has 66 valence electrons. The molecule has 0 saturated carbocycles. The second-order valence-corrected chi connectivity index (χ2v) is 3.64. The average Bonchev–Trinajstić information content (AvgIpc) is 1.94. The van der Waals surface area contributed by atoms with Crippen LogP contribution in [0.2, 0.25) is 10.0 Å². The van der Waals surface area contributed by atoms with Gasteiger partial charge in [-0.25, -0.2) is 4.98 Å². The molecule has 1 aromatic heterocycles. The highest BCUT2D eigenvalue weighted by atomic mass is 35.5. The molecule has 0 fully saturated rings. The van der Waals surface area contributed by atoms with Crippen LogP contribution >= 0.6 is 35.0 Å². The molecule has 0 aliphatic carbocycles. The quantitative estimate of drug-likeness (QED) is 0.718. The maximum absolute atomic E-state index is 11.8. The summed E-state index contributed by atoms with van der Waals surface area (Å²) in [7, 11) is 0. The molecule has 0 unspecified atom stereocenters. The molecule has 1 heterocycles. The van der Waals surface area contributed by atoms with Crippen molar-refractivity contribution in [3.8, 4) is 0 Å². The van der Waals surface area contributed by atoms with Crippen molar-refractivity contribution in [3.05, 3.63) is 22.3 Å². The third-order valence-corrected chi connectivity index (χ3v) is 2.31. The van der Waals surface area contributed by atoms with Crippen molar-refractivity contribution in [1.29, 1.82) is 0 Å². The number of rotatable bonds is 2. The Kier molecular flexibility index (Phi) is 3.55. The molecule has 0 N–H and O–H groups in total. The molecule has 0 radical (unpaired) electrons. The lowest BCUT2D eigenvalue weighted by molar-refractivity contribution is 0.252. The van der Waals surface area contributed by atoms with Crippen molar-refractivity contribution in [2.45, 2.75) is 10.8 Å². The number of hydrogen-bond acceptors (Lipinski definition) is 2. The summed E-state index contributed by atoms with van der Waals surface area (Å²) in [5.74, 6) is -2.52. The Hall–Kier alpha value is -0.0600. The number of pyridine rings is 1. The highest BCUT2D eigenvalue weighted by molar-refractivity contribution is 7.99. The Labute approximate surface area is 82.1 Å². The number of alkyl halides is 2. The van der Waals surface area contributed by atoms with Gasteiger partial charge in [-0.2, -0.15) is 8.78 Å². The van der Waals surface area contributed by atoms with Crippen LogP contribution in [0.25, 0.3) is 0 Å². The molecule has 0 aliphatic rings. The van der Waals surface area contributed by atoms with Crippen molar-refractivity contribution in [2.24, 2.45) is 0 Å². The molecule has 0 aliphatic heterocycles. The maximum Gasteiger partial charge on any atom is 0.290 e. The van der Waals surface area contributed by atoms with Gasteiger partial charge in [-0.15, -0.1) is 0 Å². The van der Waals surface area contributed by atoms with Gasteiger partial charge in [-0.05, 0) is 17.8 Å². The Bertz CT molecular complexity index is 282. The molecule has 1 nitrogen and oxygen atoms in total. The van der Waals surface area contributed by atoms with E-state index in [0.717, 1.165) is 0 Å². The molecular weight excluding hydrogens is 227 g/mol. The van der Waals surface area contributed by atoms with E-state index >= 15 is 0 Å². The Morgan fingerprint density at radius 3 is 2.58 bits per heavy atom. The zero-order valence-corrected chi connectivity index (χ0v) is 7.93. The second-order valence-electron chi connectivity index (χ2n) is 1.82. The zero-order valence-electron chi connectivity index (χ0n) is 5.60. The van der Waals surface area contributed by atoms with E-state index in [2.05, 4.69) is 4.98 Å². The van der Waals surface area contributed by atoms with E-state index in [1.54, 1.807) is 0 Å². The summed E-state index contributed by atoms with van der Waals surface area (Å²) in [4.78, 5) is 3.64. The first-order valence-corrected chi connectivity index (χ1v) is 4.49. The molecule has 1 rings (SSSR count). The van der Waals surface area contributed by atoms with Gasteiger partial charge in [0.05, 0.1) is 10.0 Å². The third-order valence-electron chi connectivity index (χ3n) is 0.975. The van der Waals surface area contributed by atoms with Crippen LogP contribution in [0.4, 0.5) is 8.78 Å². The van der Waals surface area contributed by atoms with Crippen molar-refractivity contribution in [2.75, 3.05) is 0 Å². The fraction of sp³-hybridized carbons (Fsp3) is 0.167. The zero-order chi connectivity index (χ0) is 9.14. The maximum atomic E-state index is 11.8. The fourth-order valence-electron chi connectivity index (χ4n) is 0.573. The fourth-order valence-corrected chi connectivity index (χ4v) is 1.54. The third kappa shape index (κ3) is 2.77. The molecule has 12 heavy (non-hydrogen) atoms. The van der Waals surface area contributed by atoms with Gasteiger partial charge < -0.3 is 0 Å². The first-order chi connectivity index (χ1) is 5.59. The molecule has 0 saturated heterocycles. The largest absolute Gasteiger partial charge is 0.290 e. The minimum atomic E-state index is -2.52. The Morgan fingerprint density at radius 1 is 1.42 bits per heavy atom. The van der Waals surface area contributed by atoms with Crippen molar-refractivity contribution in [3.63, 3.8) is 0 Å². The number of halogens is 4. The van der Waals surface area contributed by atoms with Crippen molar-refractivity contribution >= 4 is 35.0 Å². The number of aromatic nitrogens is 1. The molecule has 0 bridgehead atoms. The summed E-state index contributed by atoms with van der Waals surface area (Å²) in [6, 6.07) is 1.38. The average molecular weight is 230 g/mol. The number of thioether (sulfide) groups is 1. The van der Waals surface area contributed by atoms with E-state index in [0.29, 0.717) is 16.8 Å². The molecule has 1 aromatic rings. The van der Waals surface area contributed by atoms with Crippen LogP contribution in [0.3, 0.4) is 0 Å². The van der Waals surface area contributed by atoms with E-state index in [4.69, 9.17) is 23.2 Å². The van der Waals surface area contributed by atoms with Gasteiger partial charge in [0.1, 0.15) is 5.03 Å². The first kappa shape index (κ1) is 10.0. The predicted molar refractivity (Wildman–Crippen MR) is 46.1 cm³/mol. The van der Waals surface area contributed by atoms with Crippen LogP contribution in [0, 0.1) is 0 Å². The van der Waals surface area contributed by atoms with Crippen LogP contribution in [-0.2, 0) is 0 Å². The van der Waals surface area contributed by atoms with Crippen LogP contribution in [0.15, 0.2) is 17.3 Å². The SMILES string of the molecule is FC(F)Sc1ncc(Cl)cc1Cl. The summed E-state index contributed by atoms with van der Waals surface area (Å²) in [5, 5.41) is 0.572. The Morgan fingerprint density at radius 2 is 2.08 bits per heavy atom. The summed E-state index contributed by atoms with van der Waals surface area (Å²) in [6.45, 7) is 0. The summed E-state index contributed by atoms with van der Waals surface area (Å²) in [6.07, 6.45) is 1.28. The van der Waals surface area contributed by atoms with E-state index in [1.807, 2.05) is 0 Å². The van der Waals surface area contributed by atoms with Gasteiger partial charge in [0.15, 0.2) is 0 Å². The topological polar surface area (TPSA) is 12.9 Å². The van der Waals surface area contributed by atoms with Crippen LogP contribution in [0.5, 0.6) is 0 Å². The number of hydrogen-bond donors (Lipinski definition) is 0. The normalized spacial score (nSPS) is 10.8. The minimum Gasteiger partial charge on any atom is -0.247 e. The second kappa shape index (κ2) is 4.25. The van der Waals surface area contributed by atoms with E-state index in [1.165, 1.54) is 12.3 Å². The minimum absolute atomic E-state index is 0.0936. The van der Waals surface area contributed by atoms with E-state index in [-0.39, 0.29) is 10.0 Å². The van der Waals surface area contributed by atoms with E-state index < -0.39 is 5.76 Å². The van der Waals surface area contributed by atoms with Crippen LogP contribution in [-0.4, -0.2) is 10.7 Å². The lowest BCUT2D eigenvalue weighted by Crippen LogP contribution is -1.86. The van der Waals surface area contributed by atoms with E-state index in [9.17, 15) is 8.78 Å². The van der Waals surface area contributed by atoms with Gasteiger partial charge in [0, 0.05) is 6.20 Å². The highest BCUT2D eigenvalue weighted by Crippen LogP contribution is 2.30. The lowest BCUT2D eigenvalue weighted by Gasteiger charge is -2.00. The Balaban J connectivity index is 2.86. The first-order valence-electron chi connectivity index (χ1n) is 2.85. The van der Waals surface area contributed by atoms with Crippen molar-refractivity contribution < 1.29 is 8.78 Å².